The van der Waals surface area contributed by atoms with Gasteiger partial charge in [0.1, 0.15) is 11.5 Å². The molecule has 2 aromatic rings. The molecule has 0 aliphatic heterocycles. The zero-order valence-corrected chi connectivity index (χ0v) is 12.6. The van der Waals surface area contributed by atoms with Gasteiger partial charge in [0.25, 0.3) is 0 Å². The van der Waals surface area contributed by atoms with E-state index in [1.807, 2.05) is 38.1 Å². The van der Waals surface area contributed by atoms with E-state index >= 15 is 0 Å². The number of carbonyl (C=O) groups is 1. The van der Waals surface area contributed by atoms with Crippen LogP contribution in [0, 0.1) is 5.92 Å². The van der Waals surface area contributed by atoms with Crippen LogP contribution in [0.25, 0.3) is 10.8 Å². The molecule has 106 valence electrons. The molecular weight excluding hydrogens is 248 g/mol. The fourth-order valence-corrected chi connectivity index (χ4v) is 2.43. The molecular formula is C18H22O2. The minimum atomic E-state index is -0.0450. The molecule has 0 fully saturated rings. The van der Waals surface area contributed by atoms with Crippen molar-refractivity contribution in [3.63, 3.8) is 0 Å². The Hall–Kier alpha value is -1.83. The first-order valence-corrected chi connectivity index (χ1v) is 7.18. The number of ketones is 1. The maximum Gasteiger partial charge on any atom is 0.142 e. The van der Waals surface area contributed by atoms with E-state index in [9.17, 15) is 4.79 Å². The van der Waals surface area contributed by atoms with E-state index in [2.05, 4.69) is 19.1 Å². The molecule has 0 unspecified atom stereocenters. The van der Waals surface area contributed by atoms with E-state index in [1.165, 1.54) is 0 Å². The molecule has 0 saturated heterocycles. The van der Waals surface area contributed by atoms with Crippen molar-refractivity contribution in [2.75, 3.05) is 7.11 Å². The summed E-state index contributed by atoms with van der Waals surface area (Å²) in [6, 6.07) is 12.2. The predicted octanol–water partition coefficient (Wildman–Crippen LogP) is 4.57. The predicted molar refractivity (Wildman–Crippen MR) is 83.4 cm³/mol. The van der Waals surface area contributed by atoms with Crippen LogP contribution in [0.2, 0.25) is 0 Å². The average Bonchev–Trinajstić information content (AvgIpc) is 2.51. The number of methoxy groups -OCH3 is 1. The number of fused-ring (bicyclic) bond motifs is 1. The van der Waals surface area contributed by atoms with Gasteiger partial charge < -0.3 is 4.74 Å². The van der Waals surface area contributed by atoms with Gasteiger partial charge >= 0.3 is 0 Å². The molecule has 0 saturated carbocycles. The lowest BCUT2D eigenvalue weighted by Gasteiger charge is -2.16. The number of benzene rings is 2. The summed E-state index contributed by atoms with van der Waals surface area (Å²) < 4.78 is 5.23. The molecule has 2 aromatic carbocycles. The number of hydrogen-bond donors (Lipinski definition) is 0. The van der Waals surface area contributed by atoms with Gasteiger partial charge in [-0.25, -0.2) is 0 Å². The average molecular weight is 270 g/mol. The first-order chi connectivity index (χ1) is 9.56. The van der Waals surface area contributed by atoms with Crippen LogP contribution in [-0.4, -0.2) is 12.9 Å². The summed E-state index contributed by atoms with van der Waals surface area (Å²) in [5.74, 6) is 1.25. The van der Waals surface area contributed by atoms with Gasteiger partial charge in [-0.1, -0.05) is 45.0 Å². The summed E-state index contributed by atoms with van der Waals surface area (Å²) in [6.07, 6.45) is 0.897. The highest BCUT2D eigenvalue weighted by Gasteiger charge is 2.20. The van der Waals surface area contributed by atoms with Gasteiger partial charge in [0.05, 0.1) is 7.11 Å². The second-order valence-corrected chi connectivity index (χ2v) is 5.41. The summed E-state index contributed by atoms with van der Waals surface area (Å²) in [4.78, 5) is 12.3. The van der Waals surface area contributed by atoms with Crippen LogP contribution in [0.1, 0.15) is 38.7 Å². The Morgan fingerprint density at radius 3 is 2.40 bits per heavy atom. The van der Waals surface area contributed by atoms with Gasteiger partial charge in [-0.15, -0.1) is 0 Å². The third-order valence-electron chi connectivity index (χ3n) is 4.10. The zero-order valence-electron chi connectivity index (χ0n) is 12.6. The smallest absolute Gasteiger partial charge is 0.142 e. The molecule has 0 aromatic heterocycles. The van der Waals surface area contributed by atoms with E-state index in [1.54, 1.807) is 7.11 Å². The molecule has 0 heterocycles. The first-order valence-electron chi connectivity index (χ1n) is 7.18. The van der Waals surface area contributed by atoms with E-state index in [0.29, 0.717) is 5.78 Å². The molecule has 0 N–H and O–H groups in total. The summed E-state index contributed by atoms with van der Waals surface area (Å²) in [7, 11) is 1.67. The summed E-state index contributed by atoms with van der Waals surface area (Å²) in [6.45, 7) is 6.06. The van der Waals surface area contributed by atoms with E-state index in [-0.39, 0.29) is 11.8 Å². The standard InChI is InChI=1S/C18H22O2/c1-5-12(2)18(19)13(3)14-6-7-16-11-17(20-4)9-8-15(16)10-14/h6-13H,5H2,1-4H3/t12-,13+/m1/s1. The van der Waals surface area contributed by atoms with Crippen molar-refractivity contribution in [1.29, 1.82) is 0 Å². The SMILES string of the molecule is CC[C@@H](C)C(=O)[C@@H](C)c1ccc2cc(OC)ccc2c1. The van der Waals surface area contributed by atoms with Crippen LogP contribution < -0.4 is 4.74 Å². The van der Waals surface area contributed by atoms with Crippen molar-refractivity contribution in [3.05, 3.63) is 42.0 Å². The van der Waals surface area contributed by atoms with Gasteiger partial charge in [-0.3, -0.25) is 4.79 Å². The minimum absolute atomic E-state index is 0.0450. The second-order valence-electron chi connectivity index (χ2n) is 5.41. The fourth-order valence-electron chi connectivity index (χ4n) is 2.43. The Kier molecular flexibility index (Phi) is 4.43. The number of rotatable bonds is 5. The topological polar surface area (TPSA) is 26.3 Å². The van der Waals surface area contributed by atoms with Gasteiger partial charge in [0.2, 0.25) is 0 Å². The summed E-state index contributed by atoms with van der Waals surface area (Å²) in [5, 5.41) is 2.28. The number of hydrogen-bond acceptors (Lipinski definition) is 2. The second kappa shape index (κ2) is 6.08. The first kappa shape index (κ1) is 14.6. The van der Waals surface area contributed by atoms with Crippen molar-refractivity contribution < 1.29 is 9.53 Å². The molecule has 2 heteroatoms. The maximum absolute atomic E-state index is 12.3. The van der Waals surface area contributed by atoms with E-state index in [0.717, 1.165) is 28.5 Å². The molecule has 0 amide bonds. The van der Waals surface area contributed by atoms with Gasteiger partial charge in [-0.2, -0.15) is 0 Å². The van der Waals surface area contributed by atoms with Gasteiger partial charge in [0.15, 0.2) is 0 Å². The number of Topliss-reactive ketones (excluding diaryl/α,β-unsaturated/α-hetero) is 1. The molecule has 2 nitrogen and oxygen atoms in total. The van der Waals surface area contributed by atoms with Crippen LogP contribution in [0.3, 0.4) is 0 Å². The number of carbonyl (C=O) groups excluding carboxylic acids is 1. The van der Waals surface area contributed by atoms with E-state index < -0.39 is 0 Å². The lowest BCUT2D eigenvalue weighted by molar-refractivity contribution is -0.123. The monoisotopic (exact) mass is 270 g/mol. The highest BCUT2D eigenvalue weighted by molar-refractivity contribution is 5.90. The van der Waals surface area contributed by atoms with Crippen LogP contribution in [0.5, 0.6) is 5.75 Å². The Labute approximate surface area is 120 Å². The molecule has 2 atom stereocenters. The molecule has 0 aliphatic carbocycles. The Bertz CT molecular complexity index is 616. The van der Waals surface area contributed by atoms with Crippen molar-refractivity contribution in [1.82, 2.24) is 0 Å². The van der Waals surface area contributed by atoms with Crippen molar-refractivity contribution in [2.45, 2.75) is 33.1 Å². The van der Waals surface area contributed by atoms with Crippen LogP contribution in [-0.2, 0) is 4.79 Å². The highest BCUT2D eigenvalue weighted by atomic mass is 16.5. The molecule has 0 radical (unpaired) electrons. The molecule has 0 aliphatic rings. The highest BCUT2D eigenvalue weighted by Crippen LogP contribution is 2.27. The Morgan fingerprint density at radius 2 is 1.75 bits per heavy atom. The third kappa shape index (κ3) is 2.84. The van der Waals surface area contributed by atoms with Crippen LogP contribution >= 0.6 is 0 Å². The van der Waals surface area contributed by atoms with Crippen molar-refractivity contribution in [2.24, 2.45) is 5.92 Å². The largest absolute Gasteiger partial charge is 0.497 e. The van der Waals surface area contributed by atoms with E-state index in [4.69, 9.17) is 4.74 Å². The lowest BCUT2D eigenvalue weighted by atomic mass is 9.87. The zero-order chi connectivity index (χ0) is 14.7. The summed E-state index contributed by atoms with van der Waals surface area (Å²) in [5.41, 5.74) is 1.09. The minimum Gasteiger partial charge on any atom is -0.497 e. The maximum atomic E-state index is 12.3. The van der Waals surface area contributed by atoms with Crippen LogP contribution in [0.4, 0.5) is 0 Å². The normalized spacial score (nSPS) is 14.0. The molecule has 20 heavy (non-hydrogen) atoms. The van der Waals surface area contributed by atoms with Crippen molar-refractivity contribution >= 4 is 16.6 Å². The molecule has 2 rings (SSSR count). The Balaban J connectivity index is 2.34. The Morgan fingerprint density at radius 1 is 1.10 bits per heavy atom. The third-order valence-corrected chi connectivity index (χ3v) is 4.10. The van der Waals surface area contributed by atoms with Crippen LogP contribution in [0.15, 0.2) is 36.4 Å². The van der Waals surface area contributed by atoms with Gasteiger partial charge in [0, 0.05) is 11.8 Å². The van der Waals surface area contributed by atoms with Gasteiger partial charge in [-0.05, 0) is 34.9 Å². The number of ether oxygens (including phenoxy) is 1. The fraction of sp³-hybridized carbons (Fsp3) is 0.389. The molecule has 0 spiro atoms. The summed E-state index contributed by atoms with van der Waals surface area (Å²) >= 11 is 0. The molecule has 0 bridgehead atoms. The lowest BCUT2D eigenvalue weighted by Crippen LogP contribution is -2.17. The quantitative estimate of drug-likeness (QED) is 0.795. The van der Waals surface area contributed by atoms with Crippen molar-refractivity contribution in [3.8, 4) is 5.75 Å².